The second-order valence-electron chi connectivity index (χ2n) is 8.34. The van der Waals surface area contributed by atoms with Crippen molar-refractivity contribution in [2.24, 2.45) is 0 Å². The van der Waals surface area contributed by atoms with E-state index < -0.39 is 22.9 Å². The van der Waals surface area contributed by atoms with Gasteiger partial charge in [0, 0.05) is 0 Å². The van der Waals surface area contributed by atoms with Crippen LogP contribution in [-0.4, -0.2) is 4.57 Å². The maximum Gasteiger partial charge on any atom is -1.00 e. The molecule has 2 aliphatic rings. The van der Waals surface area contributed by atoms with E-state index in [1.54, 1.807) is 14.5 Å². The standard InChI is InChI=1S/C21H14N.C7H9.2ClH.Hf/c1-2-8-16-14-17(13-15(16)7-1)22-20-11-5-3-9-18(20)19-10-4-6-12-21(19)22;1-6-4-3-5-7(6)2;;;/h1-14H;4H,3H2,1-2H3;2*1H;/q;;;;+2/p-2. The number of rotatable bonds is 3. The van der Waals surface area contributed by atoms with Crippen molar-refractivity contribution in [2.45, 2.75) is 23.9 Å². The van der Waals surface area contributed by atoms with Crippen molar-refractivity contribution in [1.29, 1.82) is 0 Å². The molecule has 1 heterocycles. The van der Waals surface area contributed by atoms with Gasteiger partial charge in [0.05, 0.1) is 0 Å². The predicted molar refractivity (Wildman–Crippen MR) is 124 cm³/mol. The van der Waals surface area contributed by atoms with Crippen LogP contribution in [0.15, 0.2) is 93.3 Å². The molecule has 0 radical (unpaired) electrons. The van der Waals surface area contributed by atoms with Crippen molar-refractivity contribution in [2.75, 3.05) is 0 Å². The summed E-state index contributed by atoms with van der Waals surface area (Å²) in [5.74, 6) is 0. The number of fused-ring (bicyclic) bond motifs is 4. The number of halogens is 2. The van der Waals surface area contributed by atoms with E-state index in [2.05, 4.69) is 103 Å². The number of hydrogen-bond donors (Lipinski definition) is 0. The average molecular weight is 623 g/mol. The normalized spacial score (nSPS) is 16.9. The molecule has 0 saturated heterocycles. The van der Waals surface area contributed by atoms with Crippen LogP contribution < -0.4 is 24.8 Å². The number of para-hydroxylation sites is 2. The zero-order valence-corrected chi connectivity index (χ0v) is 23.2. The second kappa shape index (κ2) is 9.17. The molecule has 1 unspecified atom stereocenters. The maximum absolute atomic E-state index is 2.56. The van der Waals surface area contributed by atoms with Crippen molar-refractivity contribution in [3.63, 3.8) is 0 Å². The molecule has 0 bridgehead atoms. The summed E-state index contributed by atoms with van der Waals surface area (Å²) in [5.41, 5.74) is 10.2. The zero-order valence-electron chi connectivity index (χ0n) is 18.1. The minimum atomic E-state index is -1.12. The van der Waals surface area contributed by atoms with Crippen molar-refractivity contribution in [3.05, 3.63) is 104 Å². The first kappa shape index (κ1) is 23.3. The van der Waals surface area contributed by atoms with Crippen LogP contribution in [0.1, 0.15) is 35.1 Å². The van der Waals surface area contributed by atoms with Gasteiger partial charge in [0.25, 0.3) is 0 Å². The molecule has 1 aromatic heterocycles. The number of nitrogens with zero attached hydrogens (tertiary/aromatic N) is 1. The van der Waals surface area contributed by atoms with Gasteiger partial charge in [0.15, 0.2) is 0 Å². The molecule has 1 atom stereocenters. The van der Waals surface area contributed by atoms with Crippen molar-refractivity contribution >= 4 is 33.6 Å². The topological polar surface area (TPSA) is 4.93 Å². The molecule has 4 aromatic rings. The summed E-state index contributed by atoms with van der Waals surface area (Å²) in [6, 6.07) is 26.9. The smallest absolute Gasteiger partial charge is 1.00 e. The van der Waals surface area contributed by atoms with E-state index >= 15 is 0 Å². The minimum absolute atomic E-state index is 0. The molecule has 0 aliphatic heterocycles. The van der Waals surface area contributed by atoms with Gasteiger partial charge in [-0.2, -0.15) is 0 Å². The Morgan fingerprint density at radius 3 is 2.00 bits per heavy atom. The average Bonchev–Trinajstić information content (AvgIpc) is 3.41. The Bertz CT molecular complexity index is 1370. The summed E-state index contributed by atoms with van der Waals surface area (Å²) < 4.78 is 4.92. The predicted octanol–water partition coefficient (Wildman–Crippen LogP) is 1.56. The van der Waals surface area contributed by atoms with Crippen LogP contribution in [0.25, 0.3) is 33.6 Å². The molecular weight excluding hydrogens is 600 g/mol. The fraction of sp³-hybridized carbons (Fsp3) is 0.143. The number of hydrogen-bond acceptors (Lipinski definition) is 0. The molecule has 3 aromatic carbocycles. The van der Waals surface area contributed by atoms with E-state index in [9.17, 15) is 0 Å². The Balaban J connectivity index is 0.00000122. The van der Waals surface area contributed by atoms with E-state index in [-0.39, 0.29) is 24.8 Å². The third kappa shape index (κ3) is 3.57. The Morgan fingerprint density at radius 1 is 0.781 bits per heavy atom. The van der Waals surface area contributed by atoms with Crippen LogP contribution in [0, 0.1) is 0 Å². The summed E-state index contributed by atoms with van der Waals surface area (Å²) in [7, 11) is 0. The van der Waals surface area contributed by atoms with Gasteiger partial charge in [-0.25, -0.2) is 0 Å². The first-order valence-electron chi connectivity index (χ1n) is 10.6. The molecule has 0 N–H and O–H groups in total. The number of allylic oxidation sites excluding steroid dienone is 5. The van der Waals surface area contributed by atoms with Gasteiger partial charge in [-0.1, -0.05) is 0 Å². The van der Waals surface area contributed by atoms with Gasteiger partial charge in [0.2, 0.25) is 0 Å². The quantitative estimate of drug-likeness (QED) is 0.306. The van der Waals surface area contributed by atoms with Crippen LogP contribution in [0.5, 0.6) is 0 Å². The Labute approximate surface area is 213 Å². The molecule has 32 heavy (non-hydrogen) atoms. The van der Waals surface area contributed by atoms with Gasteiger partial charge in [-0.3, -0.25) is 0 Å². The monoisotopic (exact) mass is 623 g/mol. The molecule has 4 heteroatoms. The Kier molecular flexibility index (Phi) is 6.68. The zero-order chi connectivity index (χ0) is 20.2. The molecule has 1 nitrogen and oxygen atoms in total. The second-order valence-corrected chi connectivity index (χ2v) is 13.6. The molecule has 2 aliphatic carbocycles. The van der Waals surface area contributed by atoms with E-state index in [4.69, 9.17) is 0 Å². The third-order valence-corrected chi connectivity index (χ3v) is 13.3. The van der Waals surface area contributed by atoms with Gasteiger partial charge in [-0.15, -0.1) is 0 Å². The maximum atomic E-state index is 2.56. The van der Waals surface area contributed by atoms with E-state index in [0.29, 0.717) is 3.67 Å². The molecule has 0 amide bonds. The molecule has 0 fully saturated rings. The van der Waals surface area contributed by atoms with Crippen molar-refractivity contribution < 1.29 is 47.7 Å². The summed E-state index contributed by atoms with van der Waals surface area (Å²) in [5, 5.41) is 2.71. The van der Waals surface area contributed by atoms with Crippen molar-refractivity contribution in [1.82, 2.24) is 4.57 Å². The summed E-state index contributed by atoms with van der Waals surface area (Å²) >= 11 is -1.12. The first-order valence-corrected chi connectivity index (χ1v) is 14.5. The first-order chi connectivity index (χ1) is 14.7. The molecular formula is C28H23Cl2HfN. The van der Waals surface area contributed by atoms with E-state index in [0.717, 1.165) is 0 Å². The van der Waals surface area contributed by atoms with Crippen LogP contribution in [0.4, 0.5) is 0 Å². The summed E-state index contributed by atoms with van der Waals surface area (Å²) in [6.07, 6.45) is 6.08. The van der Waals surface area contributed by atoms with Crippen molar-refractivity contribution in [3.8, 4) is 0 Å². The largest absolute Gasteiger partial charge is 1.00 e. The van der Waals surface area contributed by atoms with Gasteiger partial charge >= 0.3 is 189 Å². The Hall–Kier alpha value is -1.87. The fourth-order valence-electron chi connectivity index (χ4n) is 4.99. The van der Waals surface area contributed by atoms with Crippen LogP contribution in [-0.2, 0) is 22.9 Å². The SMILES string of the molecule is CC1=CC[C]([Hf+2][CH]2C(n3c4ccccc4c4ccccc43)=Cc3ccccc32)=C1C.[Cl-].[Cl-]. The van der Waals surface area contributed by atoms with Crippen LogP contribution in [0.3, 0.4) is 0 Å². The summed E-state index contributed by atoms with van der Waals surface area (Å²) in [6.45, 7) is 4.61. The van der Waals surface area contributed by atoms with Gasteiger partial charge < -0.3 is 24.8 Å². The number of benzene rings is 3. The number of aromatic nitrogens is 1. The molecule has 158 valence electrons. The molecule has 0 saturated carbocycles. The van der Waals surface area contributed by atoms with Crippen LogP contribution >= 0.6 is 0 Å². The fourth-order valence-corrected chi connectivity index (χ4v) is 11.3. The summed E-state index contributed by atoms with van der Waals surface area (Å²) in [4.78, 5) is 0. The molecule has 0 spiro atoms. The molecule has 6 rings (SSSR count). The van der Waals surface area contributed by atoms with Gasteiger partial charge in [0.1, 0.15) is 0 Å². The third-order valence-electron chi connectivity index (χ3n) is 6.72. The van der Waals surface area contributed by atoms with E-state index in [1.807, 2.05) is 0 Å². The van der Waals surface area contributed by atoms with Crippen LogP contribution in [0.2, 0.25) is 0 Å². The Morgan fingerprint density at radius 2 is 1.38 bits per heavy atom. The van der Waals surface area contributed by atoms with E-state index in [1.165, 1.54) is 45.1 Å². The minimum Gasteiger partial charge on any atom is -1.00 e. The van der Waals surface area contributed by atoms with Gasteiger partial charge in [-0.05, 0) is 0 Å².